The molecule has 0 radical (unpaired) electrons. The molecule has 0 bridgehead atoms. The van der Waals surface area contributed by atoms with Gasteiger partial charge in [0.15, 0.2) is 0 Å². The second-order valence-corrected chi connectivity index (χ2v) is 15.4. The predicted molar refractivity (Wildman–Crippen MR) is 200 cm³/mol. The molecule has 0 saturated heterocycles. The summed E-state index contributed by atoms with van der Waals surface area (Å²) in [5, 5.41) is 0. The van der Waals surface area contributed by atoms with Gasteiger partial charge in [-0.05, 0) is 155 Å². The van der Waals surface area contributed by atoms with E-state index in [0.29, 0.717) is 16.7 Å². The van der Waals surface area contributed by atoms with Crippen LogP contribution in [0.2, 0.25) is 0 Å². The fraction of sp³-hybridized carbons (Fsp3) is 0.682. The minimum atomic E-state index is 0.444. The Kier molecular flexibility index (Phi) is 13.7. The highest BCUT2D eigenvalue weighted by Crippen LogP contribution is 2.78. The fourth-order valence-corrected chi connectivity index (χ4v) is 9.61. The Morgan fingerprint density at radius 2 is 1.73 bits per heavy atom. The average Bonchev–Trinajstić information content (AvgIpc) is 3.53. The molecule has 3 rings (SSSR count). The average molecular weight is 612 g/mol. The van der Waals surface area contributed by atoms with Crippen LogP contribution in [0.15, 0.2) is 69.0 Å². The highest BCUT2D eigenvalue weighted by Gasteiger charge is 2.70. The molecule has 1 heteroatoms. The van der Waals surface area contributed by atoms with Crippen LogP contribution in [0.25, 0.3) is 0 Å². The standard InChI is InChI=1S/C44H69N/c1-13-21-36(22-14-2)29-41(45(11)12)33(8)24-27-43(18-6,25-15-3)26-20-19-23-38-34(9)39(28-32(7)16-4)35(10)42(38)44-30-37(17-5)40(44)31-44/h4,13,21,28-29,37,40,42H,14-15,17-20,22-27,30-31H2,1-3,5-12H3/b21-13-,32-28+,36-29+,41-33+. The van der Waals surface area contributed by atoms with Crippen LogP contribution in [-0.4, -0.2) is 19.0 Å². The minimum absolute atomic E-state index is 0.444. The van der Waals surface area contributed by atoms with Crippen LogP contribution >= 0.6 is 0 Å². The lowest BCUT2D eigenvalue weighted by Gasteiger charge is -2.41. The number of nitrogens with zero attached hydrogens (tertiary/aromatic N) is 1. The molecule has 45 heavy (non-hydrogen) atoms. The van der Waals surface area contributed by atoms with Gasteiger partial charge in [-0.1, -0.05) is 89.0 Å². The number of terminal acetylenes is 1. The number of rotatable bonds is 19. The molecule has 0 heterocycles. The molecule has 0 aromatic heterocycles. The summed E-state index contributed by atoms with van der Waals surface area (Å²) in [6.07, 6.45) is 33.3. The van der Waals surface area contributed by atoms with Crippen LogP contribution in [0.4, 0.5) is 0 Å². The number of likely N-dealkylation sites (N-methyl/N-ethyl adjacent to an activating group) is 1. The van der Waals surface area contributed by atoms with Gasteiger partial charge in [0.1, 0.15) is 0 Å². The van der Waals surface area contributed by atoms with E-state index in [-0.39, 0.29) is 0 Å². The van der Waals surface area contributed by atoms with Gasteiger partial charge in [-0.25, -0.2) is 0 Å². The van der Waals surface area contributed by atoms with Crippen molar-refractivity contribution in [1.82, 2.24) is 4.90 Å². The first-order valence-corrected chi connectivity index (χ1v) is 18.7. The Morgan fingerprint density at radius 1 is 1.00 bits per heavy atom. The SMILES string of the molecule is C#C/C(C)=C/C1=C(C)C(C23CC(CC)C2C3)C(CCCCC(CC)(CCC)CC\C(C)=C(/C=C(\C=C/C)CCC)N(C)C)=C1C. The highest BCUT2D eigenvalue weighted by molar-refractivity contribution is 5.57. The summed E-state index contributed by atoms with van der Waals surface area (Å²) in [6, 6.07) is 0. The van der Waals surface area contributed by atoms with Gasteiger partial charge in [-0.15, -0.1) is 6.42 Å². The van der Waals surface area contributed by atoms with E-state index in [4.69, 9.17) is 6.42 Å². The first kappa shape index (κ1) is 37.3. The molecule has 3 aliphatic carbocycles. The van der Waals surface area contributed by atoms with Crippen LogP contribution in [0.3, 0.4) is 0 Å². The van der Waals surface area contributed by atoms with Crippen molar-refractivity contribution in [2.24, 2.45) is 28.6 Å². The van der Waals surface area contributed by atoms with Gasteiger partial charge in [0.2, 0.25) is 0 Å². The van der Waals surface area contributed by atoms with E-state index in [0.717, 1.165) is 23.8 Å². The summed E-state index contributed by atoms with van der Waals surface area (Å²) in [6.45, 7) is 21.0. The Bertz CT molecular complexity index is 1250. The highest BCUT2D eigenvalue weighted by atomic mass is 15.1. The Hall–Kier alpha value is -2.20. The van der Waals surface area contributed by atoms with Gasteiger partial charge in [-0.3, -0.25) is 0 Å². The maximum absolute atomic E-state index is 5.81. The zero-order valence-electron chi connectivity index (χ0n) is 31.5. The lowest BCUT2D eigenvalue weighted by atomic mass is 9.63. The van der Waals surface area contributed by atoms with Gasteiger partial charge in [0.05, 0.1) is 0 Å². The van der Waals surface area contributed by atoms with Gasteiger partial charge in [-0.2, -0.15) is 0 Å². The lowest BCUT2D eigenvalue weighted by Crippen LogP contribution is -2.33. The van der Waals surface area contributed by atoms with Gasteiger partial charge >= 0.3 is 0 Å². The molecule has 0 aromatic rings. The van der Waals surface area contributed by atoms with Crippen LogP contribution in [0, 0.1) is 40.9 Å². The van der Waals surface area contributed by atoms with Crippen molar-refractivity contribution in [2.45, 2.75) is 152 Å². The van der Waals surface area contributed by atoms with E-state index >= 15 is 0 Å². The van der Waals surface area contributed by atoms with E-state index in [1.54, 1.807) is 16.7 Å². The molecule has 0 aromatic carbocycles. The quantitative estimate of drug-likeness (QED) is 0.0798. The largest absolute Gasteiger partial charge is 0.378 e. The molecule has 5 atom stereocenters. The van der Waals surface area contributed by atoms with Crippen molar-refractivity contribution in [2.75, 3.05) is 14.1 Å². The summed E-state index contributed by atoms with van der Waals surface area (Å²) in [7, 11) is 4.42. The maximum Gasteiger partial charge on any atom is 0.0352 e. The van der Waals surface area contributed by atoms with Crippen molar-refractivity contribution in [1.29, 1.82) is 0 Å². The van der Waals surface area contributed by atoms with Gasteiger partial charge in [0, 0.05) is 25.7 Å². The number of fused-ring (bicyclic) bond motifs is 1. The molecule has 0 aliphatic heterocycles. The van der Waals surface area contributed by atoms with Crippen molar-refractivity contribution >= 4 is 0 Å². The third-order valence-corrected chi connectivity index (χ3v) is 12.3. The summed E-state index contributed by atoms with van der Waals surface area (Å²) in [4.78, 5) is 2.33. The topological polar surface area (TPSA) is 3.24 Å². The van der Waals surface area contributed by atoms with Gasteiger partial charge < -0.3 is 4.90 Å². The monoisotopic (exact) mass is 612 g/mol. The summed E-state index contributed by atoms with van der Waals surface area (Å²) >= 11 is 0. The van der Waals surface area contributed by atoms with E-state index in [9.17, 15) is 0 Å². The van der Waals surface area contributed by atoms with Crippen molar-refractivity contribution in [3.63, 3.8) is 0 Å². The second-order valence-electron chi connectivity index (χ2n) is 15.4. The number of unbranched alkanes of at least 4 members (excludes halogenated alkanes) is 1. The smallest absolute Gasteiger partial charge is 0.0352 e. The number of allylic oxidation sites excluding steroid dienone is 11. The molecule has 0 amide bonds. The lowest BCUT2D eigenvalue weighted by molar-refractivity contribution is 0.135. The Labute approximate surface area is 280 Å². The molecule has 0 spiro atoms. The molecule has 2 saturated carbocycles. The van der Waals surface area contributed by atoms with Crippen LogP contribution in [0.5, 0.6) is 0 Å². The van der Waals surface area contributed by atoms with Crippen molar-refractivity contribution in [3.05, 3.63) is 69.0 Å². The van der Waals surface area contributed by atoms with E-state index in [1.165, 1.54) is 106 Å². The molecular weight excluding hydrogens is 542 g/mol. The van der Waals surface area contributed by atoms with E-state index < -0.39 is 0 Å². The zero-order chi connectivity index (χ0) is 33.4. The molecule has 1 nitrogen and oxygen atoms in total. The van der Waals surface area contributed by atoms with E-state index in [2.05, 4.69) is 112 Å². The first-order valence-electron chi connectivity index (χ1n) is 18.7. The normalized spacial score (nSPS) is 26.9. The Balaban J connectivity index is 1.74. The van der Waals surface area contributed by atoms with Crippen LogP contribution in [0.1, 0.15) is 152 Å². The van der Waals surface area contributed by atoms with Crippen LogP contribution in [-0.2, 0) is 0 Å². The summed E-state index contributed by atoms with van der Waals surface area (Å²) in [5.74, 6) is 5.49. The third-order valence-electron chi connectivity index (χ3n) is 12.3. The second kappa shape index (κ2) is 16.6. The fourth-order valence-electron chi connectivity index (χ4n) is 9.61. The first-order chi connectivity index (χ1) is 21.5. The summed E-state index contributed by atoms with van der Waals surface area (Å²) in [5.41, 5.74) is 12.8. The van der Waals surface area contributed by atoms with Gasteiger partial charge in [0.25, 0.3) is 0 Å². The minimum Gasteiger partial charge on any atom is -0.378 e. The van der Waals surface area contributed by atoms with Crippen LogP contribution < -0.4 is 0 Å². The summed E-state index contributed by atoms with van der Waals surface area (Å²) < 4.78 is 0. The zero-order valence-corrected chi connectivity index (χ0v) is 31.5. The number of hydrogen-bond donors (Lipinski definition) is 0. The van der Waals surface area contributed by atoms with Crippen molar-refractivity contribution < 1.29 is 0 Å². The molecule has 250 valence electrons. The third kappa shape index (κ3) is 8.40. The maximum atomic E-state index is 5.81. The molecular formula is C44H69N. The van der Waals surface area contributed by atoms with Crippen molar-refractivity contribution in [3.8, 4) is 12.3 Å². The molecule has 5 unspecified atom stereocenters. The molecule has 2 fully saturated rings. The Morgan fingerprint density at radius 3 is 2.29 bits per heavy atom. The molecule has 0 N–H and O–H groups in total. The predicted octanol–water partition coefficient (Wildman–Crippen LogP) is 12.9. The number of hydrogen-bond acceptors (Lipinski definition) is 1. The molecule has 3 aliphatic rings. The van der Waals surface area contributed by atoms with E-state index in [1.807, 2.05) is 0 Å².